The summed E-state index contributed by atoms with van der Waals surface area (Å²) >= 11 is 1.45. The molecule has 224 valence electrons. The Hall–Kier alpha value is -4.01. The van der Waals surface area contributed by atoms with E-state index in [1.54, 1.807) is 0 Å². The van der Waals surface area contributed by atoms with Crippen molar-refractivity contribution in [2.24, 2.45) is 0 Å². The van der Waals surface area contributed by atoms with Crippen molar-refractivity contribution in [2.75, 3.05) is 26.7 Å². The Morgan fingerprint density at radius 3 is 2.16 bits per heavy atom. The molecule has 5 aromatic rings. The van der Waals surface area contributed by atoms with Crippen molar-refractivity contribution in [3.05, 3.63) is 108 Å². The normalized spacial score (nSPS) is 11.7. The molecule has 4 nitrogen and oxygen atoms in total. The molecule has 5 rings (SSSR count). The van der Waals surface area contributed by atoms with Crippen LogP contribution >= 0.6 is 11.3 Å². The second-order valence-electron chi connectivity index (χ2n) is 10.3. The van der Waals surface area contributed by atoms with Gasteiger partial charge in [0.2, 0.25) is 0 Å². The zero-order valence-corrected chi connectivity index (χ0v) is 25.0. The summed E-state index contributed by atoms with van der Waals surface area (Å²) < 4.78 is 59.0. The topological polar surface area (TPSA) is 30.9 Å². The molecule has 8 heteroatoms. The third-order valence-electron chi connectivity index (χ3n) is 6.94. The summed E-state index contributed by atoms with van der Waals surface area (Å²) in [5, 5.41) is 0.850. The lowest BCUT2D eigenvalue weighted by Gasteiger charge is -2.15. The SMILES string of the molecule is CCCN(C)CCCOc1ccc(Oc2c(-c3ccc(C(F)(F)F)cc3)sc3cc(OCc4ccccc4)ccc23)cc1. The van der Waals surface area contributed by atoms with Gasteiger partial charge in [-0.1, -0.05) is 49.4 Å². The molecule has 1 heterocycles. The first-order chi connectivity index (χ1) is 20.8. The fourth-order valence-corrected chi connectivity index (χ4v) is 5.89. The molecule has 0 saturated heterocycles. The van der Waals surface area contributed by atoms with E-state index < -0.39 is 11.7 Å². The molecule has 0 atom stereocenters. The largest absolute Gasteiger partial charge is 0.494 e. The van der Waals surface area contributed by atoms with Gasteiger partial charge in [-0.15, -0.1) is 11.3 Å². The first-order valence-electron chi connectivity index (χ1n) is 14.3. The first kappa shape index (κ1) is 30.4. The van der Waals surface area contributed by atoms with Gasteiger partial charge in [0.25, 0.3) is 0 Å². The second kappa shape index (κ2) is 14.0. The Labute approximate surface area is 254 Å². The van der Waals surface area contributed by atoms with Crippen molar-refractivity contribution < 1.29 is 27.4 Å². The van der Waals surface area contributed by atoms with Crippen molar-refractivity contribution in [1.29, 1.82) is 0 Å². The molecule has 43 heavy (non-hydrogen) atoms. The van der Waals surface area contributed by atoms with E-state index >= 15 is 0 Å². The van der Waals surface area contributed by atoms with Crippen molar-refractivity contribution in [1.82, 2.24) is 4.90 Å². The average molecular weight is 606 g/mol. The van der Waals surface area contributed by atoms with Crippen LogP contribution in [-0.2, 0) is 12.8 Å². The molecule has 0 radical (unpaired) electrons. The van der Waals surface area contributed by atoms with E-state index in [0.717, 1.165) is 64.3 Å². The van der Waals surface area contributed by atoms with Gasteiger partial charge in [0.15, 0.2) is 5.75 Å². The number of rotatable bonds is 13. The third kappa shape index (κ3) is 8.09. The molecule has 4 aromatic carbocycles. The van der Waals surface area contributed by atoms with Crippen molar-refractivity contribution in [2.45, 2.75) is 32.5 Å². The van der Waals surface area contributed by atoms with E-state index in [2.05, 4.69) is 18.9 Å². The van der Waals surface area contributed by atoms with Crippen molar-refractivity contribution in [3.8, 4) is 33.4 Å². The van der Waals surface area contributed by atoms with E-state index in [0.29, 0.717) is 36.0 Å². The maximum absolute atomic E-state index is 13.2. The molecule has 0 bridgehead atoms. The summed E-state index contributed by atoms with van der Waals surface area (Å²) in [5.41, 5.74) is 1.01. The van der Waals surface area contributed by atoms with Crippen LogP contribution in [0.15, 0.2) is 97.1 Å². The number of hydrogen-bond donors (Lipinski definition) is 0. The van der Waals surface area contributed by atoms with E-state index in [1.165, 1.54) is 23.5 Å². The summed E-state index contributed by atoms with van der Waals surface area (Å²) in [5.74, 6) is 2.64. The van der Waals surface area contributed by atoms with Gasteiger partial charge in [-0.3, -0.25) is 0 Å². The lowest BCUT2D eigenvalue weighted by atomic mass is 10.1. The minimum Gasteiger partial charge on any atom is -0.494 e. The minimum atomic E-state index is -4.40. The molecule has 0 N–H and O–H groups in total. The van der Waals surface area contributed by atoms with E-state index in [1.807, 2.05) is 72.8 Å². The molecule has 0 saturated carbocycles. The van der Waals surface area contributed by atoms with Crippen LogP contribution in [-0.4, -0.2) is 31.6 Å². The number of nitrogens with zero attached hydrogens (tertiary/aromatic N) is 1. The molecule has 0 spiro atoms. The molecular formula is C35H34F3NO3S. The van der Waals surface area contributed by atoms with Crippen LogP contribution in [0.4, 0.5) is 13.2 Å². The van der Waals surface area contributed by atoms with Gasteiger partial charge in [-0.2, -0.15) is 13.2 Å². The Kier molecular flexibility index (Phi) is 9.89. The van der Waals surface area contributed by atoms with Crippen LogP contribution < -0.4 is 14.2 Å². The van der Waals surface area contributed by atoms with Crippen molar-refractivity contribution in [3.63, 3.8) is 0 Å². The van der Waals surface area contributed by atoms with Crippen molar-refractivity contribution >= 4 is 21.4 Å². The van der Waals surface area contributed by atoms with Gasteiger partial charge < -0.3 is 19.1 Å². The highest BCUT2D eigenvalue weighted by Gasteiger charge is 2.30. The number of ether oxygens (including phenoxy) is 3. The number of alkyl halides is 3. The Morgan fingerprint density at radius 2 is 1.47 bits per heavy atom. The monoisotopic (exact) mass is 605 g/mol. The van der Waals surface area contributed by atoms with Gasteiger partial charge in [0, 0.05) is 16.6 Å². The summed E-state index contributed by atoms with van der Waals surface area (Å²) in [6, 6.07) is 28.3. The minimum absolute atomic E-state index is 0.427. The summed E-state index contributed by atoms with van der Waals surface area (Å²) in [6.07, 6.45) is -2.34. The Morgan fingerprint density at radius 1 is 0.767 bits per heavy atom. The highest BCUT2D eigenvalue weighted by Crippen LogP contribution is 2.47. The molecule has 0 aliphatic carbocycles. The predicted octanol–water partition coefficient (Wildman–Crippen LogP) is 10.1. The van der Waals surface area contributed by atoms with Gasteiger partial charge >= 0.3 is 6.18 Å². The fourth-order valence-electron chi connectivity index (χ4n) is 4.73. The maximum Gasteiger partial charge on any atom is 0.416 e. The lowest BCUT2D eigenvalue weighted by molar-refractivity contribution is -0.137. The zero-order valence-electron chi connectivity index (χ0n) is 24.2. The smallest absolute Gasteiger partial charge is 0.416 e. The van der Waals surface area contributed by atoms with Crippen LogP contribution in [0.5, 0.6) is 23.0 Å². The molecule has 0 aliphatic heterocycles. The zero-order chi connectivity index (χ0) is 30.2. The standard InChI is InChI=1S/C35H34F3NO3S/c1-3-20-39(2)21-7-22-40-28-14-16-29(17-15-28)42-33-31-19-18-30(41-24-25-8-5-4-6-9-25)23-32(31)43-34(33)26-10-12-27(13-11-26)35(36,37)38/h4-6,8-19,23H,3,7,20-22,24H2,1-2H3. The predicted molar refractivity (Wildman–Crippen MR) is 167 cm³/mol. The summed E-state index contributed by atoms with van der Waals surface area (Å²) in [4.78, 5) is 3.03. The second-order valence-corrected chi connectivity index (χ2v) is 11.4. The van der Waals surface area contributed by atoms with Crippen LogP contribution in [0, 0.1) is 0 Å². The van der Waals surface area contributed by atoms with Gasteiger partial charge in [0.05, 0.1) is 17.0 Å². The third-order valence-corrected chi connectivity index (χ3v) is 8.12. The quantitative estimate of drug-likeness (QED) is 0.125. The molecule has 0 aliphatic rings. The Balaban J connectivity index is 1.37. The molecule has 0 amide bonds. The van der Waals surface area contributed by atoms with Crippen LogP contribution in [0.25, 0.3) is 20.5 Å². The Bertz CT molecular complexity index is 1600. The lowest BCUT2D eigenvalue weighted by Crippen LogP contribution is -2.21. The highest BCUT2D eigenvalue weighted by atomic mass is 32.1. The van der Waals surface area contributed by atoms with E-state index in [9.17, 15) is 13.2 Å². The number of hydrogen-bond acceptors (Lipinski definition) is 5. The fraction of sp³-hybridized carbons (Fsp3) is 0.257. The van der Waals surface area contributed by atoms with Gasteiger partial charge in [0.1, 0.15) is 23.9 Å². The number of thiophene rings is 1. The number of benzene rings is 4. The number of halogens is 3. The molecule has 1 aromatic heterocycles. The summed E-state index contributed by atoms with van der Waals surface area (Å²) in [7, 11) is 2.11. The van der Waals surface area contributed by atoms with E-state index in [-0.39, 0.29) is 0 Å². The van der Waals surface area contributed by atoms with Gasteiger partial charge in [-0.25, -0.2) is 0 Å². The van der Waals surface area contributed by atoms with Gasteiger partial charge in [-0.05, 0) is 92.2 Å². The van der Waals surface area contributed by atoms with E-state index in [4.69, 9.17) is 14.2 Å². The maximum atomic E-state index is 13.2. The summed E-state index contributed by atoms with van der Waals surface area (Å²) in [6.45, 7) is 5.26. The highest BCUT2D eigenvalue weighted by molar-refractivity contribution is 7.22. The first-order valence-corrected chi connectivity index (χ1v) is 15.1. The molecule has 0 unspecified atom stereocenters. The molecule has 0 fully saturated rings. The van der Waals surface area contributed by atoms with Crippen LogP contribution in [0.1, 0.15) is 30.9 Å². The average Bonchev–Trinajstić information content (AvgIpc) is 3.36. The number of fused-ring (bicyclic) bond motifs is 1. The van der Waals surface area contributed by atoms with Crippen LogP contribution in [0.2, 0.25) is 0 Å². The molecular weight excluding hydrogens is 571 g/mol. The van der Waals surface area contributed by atoms with Crippen LogP contribution in [0.3, 0.4) is 0 Å².